The second kappa shape index (κ2) is 4.88. The van der Waals surface area contributed by atoms with E-state index in [9.17, 15) is 9.59 Å². The molecule has 0 aliphatic heterocycles. The van der Waals surface area contributed by atoms with Gasteiger partial charge in [0.05, 0.1) is 0 Å². The van der Waals surface area contributed by atoms with Gasteiger partial charge in [0.15, 0.2) is 0 Å². The van der Waals surface area contributed by atoms with Gasteiger partial charge in [-0.05, 0) is 20.3 Å². The van der Waals surface area contributed by atoms with E-state index in [1.807, 2.05) is 6.92 Å². The summed E-state index contributed by atoms with van der Waals surface area (Å²) >= 11 is 0. The normalized spacial score (nSPS) is 12.3. The highest BCUT2D eigenvalue weighted by atomic mass is 16.5. The molecule has 0 aromatic heterocycles. The fourth-order valence-corrected chi connectivity index (χ4v) is 0.514. The number of hydrogen-bond donors (Lipinski definition) is 0. The van der Waals surface area contributed by atoms with E-state index < -0.39 is 5.97 Å². The van der Waals surface area contributed by atoms with Gasteiger partial charge >= 0.3 is 5.97 Å². The topological polar surface area (TPSA) is 43.4 Å². The van der Waals surface area contributed by atoms with E-state index in [0.29, 0.717) is 6.42 Å². The minimum Gasteiger partial charge on any atom is -0.462 e. The minimum absolute atomic E-state index is 0.147. The second-order valence-electron chi connectivity index (χ2n) is 2.40. The molecule has 1 radical (unpaired) electrons. The van der Waals surface area contributed by atoms with E-state index >= 15 is 0 Å². The molecular formula is C8H13O3. The third kappa shape index (κ3) is 5.58. The number of carbonyl (C=O) groups excluding carboxylic acids is 2. The predicted molar refractivity (Wildman–Crippen MR) is 40.8 cm³/mol. The molecule has 0 aromatic carbocycles. The molecule has 0 spiro atoms. The van der Waals surface area contributed by atoms with Crippen molar-refractivity contribution < 1.29 is 14.3 Å². The fraction of sp³-hybridized carbons (Fsp3) is 0.625. The van der Waals surface area contributed by atoms with Crippen LogP contribution < -0.4 is 0 Å². The summed E-state index contributed by atoms with van der Waals surface area (Å²) in [5.74, 6) is -0.669. The lowest BCUT2D eigenvalue weighted by Crippen LogP contribution is -2.16. The molecule has 0 aromatic rings. The van der Waals surface area contributed by atoms with E-state index in [-0.39, 0.29) is 18.3 Å². The smallest absolute Gasteiger partial charge is 0.313 e. The van der Waals surface area contributed by atoms with Crippen LogP contribution >= 0.6 is 0 Å². The van der Waals surface area contributed by atoms with Gasteiger partial charge in [0, 0.05) is 0 Å². The van der Waals surface area contributed by atoms with E-state index in [4.69, 9.17) is 4.74 Å². The molecule has 0 saturated carbocycles. The SMILES string of the molecule is [CH2]C(CC)OC(=O)CC(C)=O. The molecule has 3 heteroatoms. The number of esters is 1. The van der Waals surface area contributed by atoms with Crippen LogP contribution in [0, 0.1) is 6.92 Å². The largest absolute Gasteiger partial charge is 0.462 e. The van der Waals surface area contributed by atoms with Crippen molar-refractivity contribution in [2.45, 2.75) is 32.8 Å². The molecule has 0 amide bonds. The molecule has 63 valence electrons. The van der Waals surface area contributed by atoms with Gasteiger partial charge in [0.1, 0.15) is 18.3 Å². The number of hydrogen-bond acceptors (Lipinski definition) is 3. The third-order valence-corrected chi connectivity index (χ3v) is 1.15. The van der Waals surface area contributed by atoms with Gasteiger partial charge in [-0.2, -0.15) is 0 Å². The summed E-state index contributed by atoms with van der Waals surface area (Å²) < 4.78 is 4.74. The summed E-state index contributed by atoms with van der Waals surface area (Å²) in [7, 11) is 0. The first-order chi connectivity index (χ1) is 5.06. The molecule has 0 fully saturated rings. The highest BCUT2D eigenvalue weighted by Gasteiger charge is 2.09. The molecule has 0 saturated heterocycles. The van der Waals surface area contributed by atoms with E-state index in [1.165, 1.54) is 6.92 Å². The Morgan fingerprint density at radius 2 is 2.09 bits per heavy atom. The molecule has 0 aliphatic rings. The molecule has 11 heavy (non-hydrogen) atoms. The van der Waals surface area contributed by atoms with Crippen molar-refractivity contribution in [3.8, 4) is 0 Å². The van der Waals surface area contributed by atoms with Crippen molar-refractivity contribution >= 4 is 11.8 Å². The molecule has 0 rings (SSSR count). The summed E-state index contributed by atoms with van der Waals surface area (Å²) in [6.45, 7) is 6.76. The standard InChI is InChI=1S/C8H13O3/c1-4-7(3)11-8(10)5-6(2)9/h7H,3-5H2,1-2H3. The first kappa shape index (κ1) is 10.1. The third-order valence-electron chi connectivity index (χ3n) is 1.15. The Morgan fingerprint density at radius 3 is 2.45 bits per heavy atom. The molecule has 0 aliphatic carbocycles. The highest BCUT2D eigenvalue weighted by Crippen LogP contribution is 1.98. The highest BCUT2D eigenvalue weighted by molar-refractivity contribution is 5.94. The maximum atomic E-state index is 10.7. The monoisotopic (exact) mass is 157 g/mol. The molecule has 1 unspecified atom stereocenters. The second-order valence-corrected chi connectivity index (χ2v) is 2.40. The Bertz CT molecular complexity index is 151. The van der Waals surface area contributed by atoms with Crippen LogP contribution in [0.3, 0.4) is 0 Å². The Hall–Kier alpha value is -0.860. The number of Topliss-reactive ketones (excluding diaryl/α,β-unsaturated/α-hetero) is 1. The van der Waals surface area contributed by atoms with Crippen LogP contribution in [0.4, 0.5) is 0 Å². The Balaban J connectivity index is 3.60. The average Bonchev–Trinajstić information content (AvgIpc) is 1.85. The lowest BCUT2D eigenvalue weighted by molar-refractivity contribution is -0.148. The summed E-state index contributed by atoms with van der Waals surface area (Å²) in [6, 6.07) is 0. The van der Waals surface area contributed by atoms with Gasteiger partial charge in [-0.15, -0.1) is 0 Å². The number of rotatable bonds is 4. The maximum absolute atomic E-state index is 10.7. The zero-order valence-corrected chi connectivity index (χ0v) is 6.92. The van der Waals surface area contributed by atoms with E-state index in [0.717, 1.165) is 0 Å². The molecule has 1 atom stereocenters. The minimum atomic E-state index is -0.487. The van der Waals surface area contributed by atoms with Gasteiger partial charge in [-0.3, -0.25) is 9.59 Å². The molecule has 0 bridgehead atoms. The summed E-state index contributed by atoms with van der Waals surface area (Å²) in [5, 5.41) is 0. The number of ether oxygens (including phenoxy) is 1. The lowest BCUT2D eigenvalue weighted by atomic mass is 10.3. The van der Waals surface area contributed by atoms with Crippen molar-refractivity contribution in [2.75, 3.05) is 0 Å². The maximum Gasteiger partial charge on any atom is 0.313 e. The number of ketones is 1. The molecule has 0 N–H and O–H groups in total. The molecule has 3 nitrogen and oxygen atoms in total. The Morgan fingerprint density at radius 1 is 1.55 bits per heavy atom. The van der Waals surface area contributed by atoms with Crippen molar-refractivity contribution in [3.63, 3.8) is 0 Å². The van der Waals surface area contributed by atoms with Gasteiger partial charge in [-0.1, -0.05) is 6.92 Å². The van der Waals surface area contributed by atoms with Crippen LogP contribution in [0.25, 0.3) is 0 Å². The number of carbonyl (C=O) groups is 2. The van der Waals surface area contributed by atoms with Crippen LogP contribution in [-0.2, 0) is 14.3 Å². The van der Waals surface area contributed by atoms with Gasteiger partial charge < -0.3 is 4.74 Å². The first-order valence-electron chi connectivity index (χ1n) is 3.58. The van der Waals surface area contributed by atoms with Crippen LogP contribution in [0.15, 0.2) is 0 Å². The summed E-state index contributed by atoms with van der Waals surface area (Å²) in [4.78, 5) is 21.1. The van der Waals surface area contributed by atoms with Crippen LogP contribution in [-0.4, -0.2) is 17.9 Å². The summed E-state index contributed by atoms with van der Waals surface area (Å²) in [5.41, 5.74) is 0. The van der Waals surface area contributed by atoms with Gasteiger partial charge in [0.25, 0.3) is 0 Å². The van der Waals surface area contributed by atoms with Crippen molar-refractivity contribution in [1.82, 2.24) is 0 Å². The fourth-order valence-electron chi connectivity index (χ4n) is 0.514. The zero-order chi connectivity index (χ0) is 8.85. The summed E-state index contributed by atoms with van der Waals surface area (Å²) in [6.07, 6.45) is 0.192. The predicted octanol–water partition coefficient (Wildman–Crippen LogP) is 1.12. The van der Waals surface area contributed by atoms with E-state index in [1.54, 1.807) is 0 Å². The van der Waals surface area contributed by atoms with Gasteiger partial charge in [0.2, 0.25) is 0 Å². The van der Waals surface area contributed by atoms with Gasteiger partial charge in [-0.25, -0.2) is 0 Å². The Labute approximate surface area is 66.7 Å². The zero-order valence-electron chi connectivity index (χ0n) is 6.92. The van der Waals surface area contributed by atoms with Crippen LogP contribution in [0.5, 0.6) is 0 Å². The van der Waals surface area contributed by atoms with Crippen molar-refractivity contribution in [2.24, 2.45) is 0 Å². The lowest BCUT2D eigenvalue weighted by Gasteiger charge is -2.08. The Kier molecular flexibility index (Phi) is 4.50. The average molecular weight is 157 g/mol. The molecular weight excluding hydrogens is 144 g/mol. The van der Waals surface area contributed by atoms with Crippen LogP contribution in [0.1, 0.15) is 26.7 Å². The van der Waals surface area contributed by atoms with Crippen molar-refractivity contribution in [3.05, 3.63) is 6.92 Å². The first-order valence-corrected chi connectivity index (χ1v) is 3.58. The van der Waals surface area contributed by atoms with Crippen molar-refractivity contribution in [1.29, 1.82) is 0 Å². The van der Waals surface area contributed by atoms with Crippen LogP contribution in [0.2, 0.25) is 0 Å². The van der Waals surface area contributed by atoms with E-state index in [2.05, 4.69) is 6.92 Å². The molecule has 0 heterocycles. The quantitative estimate of drug-likeness (QED) is 0.453.